The highest BCUT2D eigenvalue weighted by Gasteiger charge is 2.18. The normalized spacial score (nSPS) is 13.7. The first-order chi connectivity index (χ1) is 13.0. The molecular formula is C20H21N3O4. The van der Waals surface area contributed by atoms with Crippen molar-refractivity contribution in [3.8, 4) is 0 Å². The topological polar surface area (TPSA) is 87.7 Å². The predicted octanol–water partition coefficient (Wildman–Crippen LogP) is 2.37. The predicted molar refractivity (Wildman–Crippen MR) is 102 cm³/mol. The Labute approximate surface area is 157 Å². The first-order valence-electron chi connectivity index (χ1n) is 8.69. The molecule has 0 saturated carbocycles. The number of amides is 3. The van der Waals surface area contributed by atoms with Crippen LogP contribution < -0.4 is 10.6 Å². The van der Waals surface area contributed by atoms with E-state index in [-0.39, 0.29) is 17.7 Å². The number of carbonyl (C=O) groups is 3. The van der Waals surface area contributed by atoms with E-state index in [1.807, 2.05) is 0 Å². The summed E-state index contributed by atoms with van der Waals surface area (Å²) in [6.07, 6.45) is 0. The third-order valence-electron chi connectivity index (χ3n) is 4.16. The monoisotopic (exact) mass is 367 g/mol. The van der Waals surface area contributed by atoms with Crippen molar-refractivity contribution in [3.05, 3.63) is 59.7 Å². The van der Waals surface area contributed by atoms with Crippen LogP contribution in [0.3, 0.4) is 0 Å². The van der Waals surface area contributed by atoms with Gasteiger partial charge in [0.2, 0.25) is 5.91 Å². The van der Waals surface area contributed by atoms with Gasteiger partial charge >= 0.3 is 0 Å². The highest BCUT2D eigenvalue weighted by atomic mass is 16.5. The van der Waals surface area contributed by atoms with Crippen LogP contribution in [-0.2, 0) is 9.53 Å². The molecule has 0 atom stereocenters. The molecule has 1 heterocycles. The summed E-state index contributed by atoms with van der Waals surface area (Å²) < 4.78 is 5.25. The van der Waals surface area contributed by atoms with E-state index < -0.39 is 0 Å². The fraction of sp³-hybridized carbons (Fsp3) is 0.250. The van der Waals surface area contributed by atoms with Crippen LogP contribution in [0.1, 0.15) is 27.6 Å². The molecule has 1 aliphatic heterocycles. The zero-order valence-corrected chi connectivity index (χ0v) is 15.0. The van der Waals surface area contributed by atoms with E-state index in [0.29, 0.717) is 48.8 Å². The van der Waals surface area contributed by atoms with E-state index in [2.05, 4.69) is 10.6 Å². The summed E-state index contributed by atoms with van der Waals surface area (Å²) in [7, 11) is 0. The van der Waals surface area contributed by atoms with E-state index in [1.165, 1.54) is 6.92 Å². The lowest BCUT2D eigenvalue weighted by molar-refractivity contribution is -0.114. The molecule has 0 spiro atoms. The minimum Gasteiger partial charge on any atom is -0.378 e. The molecular weight excluding hydrogens is 346 g/mol. The number of benzene rings is 2. The molecule has 0 aliphatic carbocycles. The van der Waals surface area contributed by atoms with E-state index in [9.17, 15) is 14.4 Å². The van der Waals surface area contributed by atoms with E-state index in [0.717, 1.165) is 0 Å². The van der Waals surface area contributed by atoms with Crippen LogP contribution in [-0.4, -0.2) is 48.9 Å². The Balaban J connectivity index is 1.61. The lowest BCUT2D eigenvalue weighted by Crippen LogP contribution is -2.40. The van der Waals surface area contributed by atoms with Crippen molar-refractivity contribution < 1.29 is 19.1 Å². The maximum absolute atomic E-state index is 12.4. The minimum atomic E-state index is -0.271. The summed E-state index contributed by atoms with van der Waals surface area (Å²) in [6.45, 7) is 3.69. The van der Waals surface area contributed by atoms with Crippen molar-refractivity contribution in [3.63, 3.8) is 0 Å². The van der Waals surface area contributed by atoms with Crippen LogP contribution in [0.15, 0.2) is 48.5 Å². The number of morpholine rings is 1. The molecule has 1 aliphatic rings. The minimum absolute atomic E-state index is 0.0566. The number of ether oxygens (including phenoxy) is 1. The van der Waals surface area contributed by atoms with Gasteiger partial charge in [0.15, 0.2) is 0 Å². The smallest absolute Gasteiger partial charge is 0.255 e. The first-order valence-corrected chi connectivity index (χ1v) is 8.69. The van der Waals surface area contributed by atoms with Gasteiger partial charge in [-0.2, -0.15) is 0 Å². The van der Waals surface area contributed by atoms with E-state index >= 15 is 0 Å². The summed E-state index contributed by atoms with van der Waals surface area (Å²) in [5, 5.41) is 5.45. The van der Waals surface area contributed by atoms with Crippen molar-refractivity contribution in [1.29, 1.82) is 0 Å². The second-order valence-corrected chi connectivity index (χ2v) is 6.19. The molecule has 2 aromatic rings. The third kappa shape index (κ3) is 4.92. The van der Waals surface area contributed by atoms with Crippen LogP contribution >= 0.6 is 0 Å². The second-order valence-electron chi connectivity index (χ2n) is 6.19. The van der Waals surface area contributed by atoms with Gasteiger partial charge in [-0.3, -0.25) is 14.4 Å². The first kappa shape index (κ1) is 18.6. The number of carbonyl (C=O) groups excluding carboxylic acids is 3. The molecule has 2 N–H and O–H groups in total. The van der Waals surface area contributed by atoms with Crippen molar-refractivity contribution in [2.75, 3.05) is 36.9 Å². The molecule has 2 aromatic carbocycles. The summed E-state index contributed by atoms with van der Waals surface area (Å²) in [5.41, 5.74) is 2.28. The average molecular weight is 367 g/mol. The van der Waals surface area contributed by atoms with Gasteiger partial charge in [0.1, 0.15) is 0 Å². The molecule has 1 saturated heterocycles. The second kappa shape index (κ2) is 8.46. The van der Waals surface area contributed by atoms with Gasteiger partial charge < -0.3 is 20.3 Å². The van der Waals surface area contributed by atoms with Crippen molar-refractivity contribution in [2.45, 2.75) is 6.92 Å². The van der Waals surface area contributed by atoms with Gasteiger partial charge in [-0.25, -0.2) is 0 Å². The van der Waals surface area contributed by atoms with Crippen LogP contribution in [0.5, 0.6) is 0 Å². The van der Waals surface area contributed by atoms with Crippen molar-refractivity contribution >= 4 is 29.1 Å². The molecule has 1 fully saturated rings. The standard InChI is InChI=1S/C20H21N3O4/c1-14(24)21-17-6-8-18(9-7-17)22-19(25)15-2-4-16(5-3-15)20(26)23-10-12-27-13-11-23/h2-9H,10-13H2,1H3,(H,21,24)(H,22,25). The van der Waals surface area contributed by atoms with E-state index in [4.69, 9.17) is 4.74 Å². The summed E-state index contributed by atoms with van der Waals surface area (Å²) in [4.78, 5) is 37.6. The summed E-state index contributed by atoms with van der Waals surface area (Å²) in [6, 6.07) is 13.4. The largest absolute Gasteiger partial charge is 0.378 e. The number of nitrogens with one attached hydrogen (secondary N) is 2. The highest BCUT2D eigenvalue weighted by Crippen LogP contribution is 2.15. The number of hydrogen-bond acceptors (Lipinski definition) is 4. The fourth-order valence-electron chi connectivity index (χ4n) is 2.76. The van der Waals surface area contributed by atoms with Crippen LogP contribution in [0, 0.1) is 0 Å². The maximum atomic E-state index is 12.4. The molecule has 3 rings (SSSR count). The molecule has 7 heteroatoms. The van der Waals surface area contributed by atoms with Gasteiger partial charge in [-0.05, 0) is 48.5 Å². The Morgan fingerprint density at radius 3 is 1.89 bits per heavy atom. The zero-order chi connectivity index (χ0) is 19.2. The Bertz CT molecular complexity index is 825. The SMILES string of the molecule is CC(=O)Nc1ccc(NC(=O)c2ccc(C(=O)N3CCOCC3)cc2)cc1. The number of rotatable bonds is 4. The quantitative estimate of drug-likeness (QED) is 0.868. The number of hydrogen-bond donors (Lipinski definition) is 2. The van der Waals surface area contributed by atoms with Crippen molar-refractivity contribution in [1.82, 2.24) is 4.90 Å². The summed E-state index contributed by atoms with van der Waals surface area (Å²) >= 11 is 0. The Morgan fingerprint density at radius 2 is 1.33 bits per heavy atom. The molecule has 0 aromatic heterocycles. The van der Waals surface area contributed by atoms with Gasteiger partial charge in [0.25, 0.3) is 11.8 Å². The van der Waals surface area contributed by atoms with E-state index in [1.54, 1.807) is 53.4 Å². The molecule has 27 heavy (non-hydrogen) atoms. The molecule has 140 valence electrons. The molecule has 0 radical (unpaired) electrons. The Kier molecular flexibility index (Phi) is 5.83. The van der Waals surface area contributed by atoms with Crippen LogP contribution in [0.4, 0.5) is 11.4 Å². The number of anilines is 2. The average Bonchev–Trinajstić information content (AvgIpc) is 2.69. The Hall–Kier alpha value is -3.19. The maximum Gasteiger partial charge on any atom is 0.255 e. The van der Waals surface area contributed by atoms with Crippen molar-refractivity contribution in [2.24, 2.45) is 0 Å². The zero-order valence-electron chi connectivity index (χ0n) is 15.0. The summed E-state index contributed by atoms with van der Waals surface area (Å²) in [5.74, 6) is -0.482. The molecule has 7 nitrogen and oxygen atoms in total. The fourth-order valence-corrected chi connectivity index (χ4v) is 2.76. The molecule has 0 unspecified atom stereocenters. The van der Waals surface area contributed by atoms with Gasteiger partial charge in [0.05, 0.1) is 13.2 Å². The van der Waals surface area contributed by atoms with Gasteiger partial charge in [-0.1, -0.05) is 0 Å². The third-order valence-corrected chi connectivity index (χ3v) is 4.16. The van der Waals surface area contributed by atoms with Gasteiger partial charge in [-0.15, -0.1) is 0 Å². The lowest BCUT2D eigenvalue weighted by Gasteiger charge is -2.26. The molecule has 0 bridgehead atoms. The highest BCUT2D eigenvalue weighted by molar-refractivity contribution is 6.05. The lowest BCUT2D eigenvalue weighted by atomic mass is 10.1. The van der Waals surface area contributed by atoms with Crippen LogP contribution in [0.25, 0.3) is 0 Å². The Morgan fingerprint density at radius 1 is 0.815 bits per heavy atom. The molecule has 3 amide bonds. The van der Waals surface area contributed by atoms with Gasteiger partial charge in [0, 0.05) is 42.5 Å². The van der Waals surface area contributed by atoms with Crippen LogP contribution in [0.2, 0.25) is 0 Å². The number of nitrogens with zero attached hydrogens (tertiary/aromatic N) is 1.